The summed E-state index contributed by atoms with van der Waals surface area (Å²) < 4.78 is 14.3. The van der Waals surface area contributed by atoms with Crippen molar-refractivity contribution in [2.75, 3.05) is 43.4 Å². The third-order valence-corrected chi connectivity index (χ3v) is 6.43. The van der Waals surface area contributed by atoms with E-state index in [1.54, 1.807) is 12.4 Å². The lowest BCUT2D eigenvalue weighted by Crippen LogP contribution is -2.44. The minimum atomic E-state index is -1.05. The van der Waals surface area contributed by atoms with Crippen LogP contribution in [-0.2, 0) is 0 Å². The maximum atomic E-state index is 14.3. The normalized spacial score (nSPS) is 14.2. The topological polar surface area (TPSA) is 91.6 Å². The van der Waals surface area contributed by atoms with Gasteiger partial charge in [-0.25, -0.2) is 0 Å². The monoisotopic (exact) mass is 483 g/mol. The molecule has 1 saturated heterocycles. The van der Waals surface area contributed by atoms with Crippen LogP contribution in [0.2, 0.25) is 5.02 Å². The molecule has 4 rings (SSSR count). The first-order chi connectivity index (χ1) is 16.3. The summed E-state index contributed by atoms with van der Waals surface area (Å²) in [6.07, 6.45) is 3.37. The lowest BCUT2D eigenvalue weighted by Gasteiger charge is -2.35. The number of piperazine rings is 1. The third kappa shape index (κ3) is 4.71. The lowest BCUT2D eigenvalue weighted by atomic mass is 10.0. The average Bonchev–Trinajstić information content (AvgIpc) is 2.83. The van der Waals surface area contributed by atoms with E-state index in [1.807, 2.05) is 30.3 Å². The number of amides is 1. The molecule has 34 heavy (non-hydrogen) atoms. The zero-order valence-corrected chi connectivity index (χ0v) is 19.5. The summed E-state index contributed by atoms with van der Waals surface area (Å²) in [6, 6.07) is 10.4. The maximum Gasteiger partial charge on any atom is 0.305 e. The largest absolute Gasteiger partial charge is 0.367 e. The van der Waals surface area contributed by atoms with Gasteiger partial charge in [0.25, 0.3) is 5.91 Å². The number of hydrogen-bond acceptors (Lipinski definition) is 6. The predicted octanol–water partition coefficient (Wildman–Crippen LogP) is 4.76. The zero-order chi connectivity index (χ0) is 24.4. The Morgan fingerprint density at radius 3 is 2.44 bits per heavy atom. The van der Waals surface area contributed by atoms with Crippen molar-refractivity contribution in [3.63, 3.8) is 0 Å². The number of pyridine rings is 1. The van der Waals surface area contributed by atoms with E-state index < -0.39 is 22.3 Å². The molecule has 8 nitrogen and oxygen atoms in total. The molecule has 0 unspecified atom stereocenters. The SMILES string of the molecule is Cc1c(F)c([N+](=O)[O-])cc(C(=O)Nc2cc(-c3ccncc3)ccc2N2CCN(C)CC2)c1Cl. The van der Waals surface area contributed by atoms with E-state index in [0.29, 0.717) is 5.69 Å². The second-order valence-electron chi connectivity index (χ2n) is 8.17. The highest BCUT2D eigenvalue weighted by atomic mass is 35.5. The summed E-state index contributed by atoms with van der Waals surface area (Å²) >= 11 is 6.22. The minimum Gasteiger partial charge on any atom is -0.367 e. The molecule has 0 saturated carbocycles. The fourth-order valence-electron chi connectivity index (χ4n) is 3.92. The van der Waals surface area contributed by atoms with Crippen molar-refractivity contribution in [3.05, 3.63) is 80.9 Å². The molecule has 0 bridgehead atoms. The van der Waals surface area contributed by atoms with Crippen LogP contribution in [0.1, 0.15) is 15.9 Å². The van der Waals surface area contributed by atoms with Crippen molar-refractivity contribution < 1.29 is 14.1 Å². The standard InChI is InChI=1S/C24H23ClFN5O3/c1-15-22(25)18(14-21(23(15)26)31(33)34)24(32)28-19-13-17(16-5-7-27-8-6-16)3-4-20(19)30-11-9-29(2)10-12-30/h3-8,13-14H,9-12H2,1-2H3,(H,28,32). The van der Waals surface area contributed by atoms with Gasteiger partial charge in [0, 0.05) is 50.2 Å². The maximum absolute atomic E-state index is 14.3. The Balaban J connectivity index is 1.75. The van der Waals surface area contributed by atoms with Gasteiger partial charge in [0.15, 0.2) is 0 Å². The van der Waals surface area contributed by atoms with Gasteiger partial charge in [0.05, 0.1) is 26.9 Å². The van der Waals surface area contributed by atoms with Crippen LogP contribution in [0, 0.1) is 22.9 Å². The fourth-order valence-corrected chi connectivity index (χ4v) is 4.15. The van der Waals surface area contributed by atoms with Crippen molar-refractivity contribution in [3.8, 4) is 11.1 Å². The lowest BCUT2D eigenvalue weighted by molar-refractivity contribution is -0.387. The van der Waals surface area contributed by atoms with Crippen molar-refractivity contribution in [1.82, 2.24) is 9.88 Å². The summed E-state index contributed by atoms with van der Waals surface area (Å²) in [6.45, 7) is 4.59. The van der Waals surface area contributed by atoms with E-state index in [0.717, 1.165) is 49.1 Å². The first kappa shape index (κ1) is 23.6. The van der Waals surface area contributed by atoms with Gasteiger partial charge in [0.1, 0.15) is 0 Å². The molecular formula is C24H23ClFN5O3. The fraction of sp³-hybridized carbons (Fsp3) is 0.250. The molecule has 0 radical (unpaired) electrons. The number of nitro benzene ring substituents is 1. The molecule has 10 heteroatoms. The van der Waals surface area contributed by atoms with E-state index in [9.17, 15) is 19.3 Å². The summed E-state index contributed by atoms with van der Waals surface area (Å²) in [4.78, 5) is 32.1. The van der Waals surface area contributed by atoms with Crippen LogP contribution < -0.4 is 10.2 Å². The van der Waals surface area contributed by atoms with E-state index in [2.05, 4.69) is 27.1 Å². The Morgan fingerprint density at radius 1 is 1.12 bits per heavy atom. The highest BCUT2D eigenvalue weighted by Crippen LogP contribution is 2.35. The predicted molar refractivity (Wildman–Crippen MR) is 130 cm³/mol. The molecule has 1 aliphatic heterocycles. The first-order valence-electron chi connectivity index (χ1n) is 10.7. The number of carbonyl (C=O) groups is 1. The quantitative estimate of drug-likeness (QED) is 0.415. The zero-order valence-electron chi connectivity index (χ0n) is 18.7. The van der Waals surface area contributed by atoms with Gasteiger partial charge in [-0.3, -0.25) is 19.9 Å². The van der Waals surface area contributed by atoms with Gasteiger partial charge in [-0.05, 0) is 49.4 Å². The number of benzene rings is 2. The van der Waals surface area contributed by atoms with Crippen LogP contribution in [-0.4, -0.2) is 53.9 Å². The molecule has 3 aromatic rings. The molecular weight excluding hydrogens is 461 g/mol. The number of nitrogens with zero attached hydrogens (tertiary/aromatic N) is 4. The third-order valence-electron chi connectivity index (χ3n) is 5.94. The van der Waals surface area contributed by atoms with Crippen molar-refractivity contribution >= 4 is 34.6 Å². The molecule has 0 atom stereocenters. The van der Waals surface area contributed by atoms with Crippen LogP contribution in [0.4, 0.5) is 21.5 Å². The van der Waals surface area contributed by atoms with Crippen LogP contribution in [0.15, 0.2) is 48.8 Å². The van der Waals surface area contributed by atoms with Gasteiger partial charge in [0.2, 0.25) is 5.82 Å². The number of rotatable bonds is 5. The Morgan fingerprint density at radius 2 is 1.79 bits per heavy atom. The molecule has 2 heterocycles. The number of carbonyl (C=O) groups excluding carboxylic acids is 1. The second kappa shape index (κ2) is 9.74. The molecule has 176 valence electrons. The van der Waals surface area contributed by atoms with Crippen LogP contribution in [0.3, 0.4) is 0 Å². The Bertz CT molecular complexity index is 1250. The number of anilines is 2. The molecule has 1 fully saturated rings. The number of halogens is 2. The highest BCUT2D eigenvalue weighted by Gasteiger charge is 2.26. The van der Waals surface area contributed by atoms with Gasteiger partial charge in [-0.2, -0.15) is 4.39 Å². The van der Waals surface area contributed by atoms with Gasteiger partial charge in [-0.15, -0.1) is 0 Å². The molecule has 1 N–H and O–H groups in total. The number of aromatic nitrogens is 1. The van der Waals surface area contributed by atoms with Gasteiger partial charge >= 0.3 is 5.69 Å². The summed E-state index contributed by atoms with van der Waals surface area (Å²) in [7, 11) is 2.05. The van der Waals surface area contributed by atoms with E-state index >= 15 is 0 Å². The van der Waals surface area contributed by atoms with E-state index in [1.165, 1.54) is 6.92 Å². The Kier molecular flexibility index (Phi) is 6.76. The van der Waals surface area contributed by atoms with Crippen molar-refractivity contribution in [2.45, 2.75) is 6.92 Å². The average molecular weight is 484 g/mol. The molecule has 0 aliphatic carbocycles. The van der Waals surface area contributed by atoms with E-state index in [4.69, 9.17) is 11.6 Å². The van der Waals surface area contributed by atoms with E-state index in [-0.39, 0.29) is 16.1 Å². The second-order valence-corrected chi connectivity index (χ2v) is 8.54. The first-order valence-corrected chi connectivity index (χ1v) is 11.1. The van der Waals surface area contributed by atoms with Crippen molar-refractivity contribution in [2.24, 2.45) is 0 Å². The number of nitrogens with one attached hydrogen (secondary N) is 1. The van der Waals surface area contributed by atoms with Crippen LogP contribution in [0.5, 0.6) is 0 Å². The molecule has 2 aromatic carbocycles. The molecule has 1 amide bonds. The summed E-state index contributed by atoms with van der Waals surface area (Å²) in [5, 5.41) is 14.0. The highest BCUT2D eigenvalue weighted by molar-refractivity contribution is 6.35. The molecule has 0 spiro atoms. The Hall–Kier alpha value is -3.56. The number of hydrogen-bond donors (Lipinski definition) is 1. The molecule has 1 aromatic heterocycles. The molecule has 1 aliphatic rings. The number of likely N-dealkylation sites (N-methyl/N-ethyl adjacent to an activating group) is 1. The summed E-state index contributed by atoms with van der Waals surface area (Å²) in [5.74, 6) is -1.71. The van der Waals surface area contributed by atoms with Gasteiger partial charge in [-0.1, -0.05) is 17.7 Å². The number of nitro groups is 1. The minimum absolute atomic E-state index is 0.147. The van der Waals surface area contributed by atoms with Crippen molar-refractivity contribution in [1.29, 1.82) is 0 Å². The van der Waals surface area contributed by atoms with Crippen LogP contribution in [0.25, 0.3) is 11.1 Å². The van der Waals surface area contributed by atoms with Crippen LogP contribution >= 0.6 is 11.6 Å². The smallest absolute Gasteiger partial charge is 0.305 e. The summed E-state index contributed by atoms with van der Waals surface area (Å²) in [5.41, 5.74) is 2.03. The van der Waals surface area contributed by atoms with Gasteiger partial charge < -0.3 is 15.1 Å². The Labute approximate surface area is 201 Å².